The van der Waals surface area contributed by atoms with E-state index in [0.29, 0.717) is 5.56 Å². The van der Waals surface area contributed by atoms with Crippen molar-refractivity contribution in [3.63, 3.8) is 0 Å². The highest BCUT2D eigenvalue weighted by atomic mass is 32.2. The summed E-state index contributed by atoms with van der Waals surface area (Å²) in [5, 5.41) is 0. The van der Waals surface area contributed by atoms with Crippen LogP contribution in [0.15, 0.2) is 58.2 Å². The van der Waals surface area contributed by atoms with Crippen molar-refractivity contribution in [1.29, 1.82) is 0 Å². The second kappa shape index (κ2) is 6.26. The number of hydrogen-bond acceptors (Lipinski definition) is 3. The van der Waals surface area contributed by atoms with E-state index in [9.17, 15) is 13.2 Å². The van der Waals surface area contributed by atoms with Gasteiger partial charge in [0.15, 0.2) is 0 Å². The van der Waals surface area contributed by atoms with Crippen molar-refractivity contribution in [3.8, 4) is 0 Å². The molecule has 0 radical (unpaired) electrons. The maximum atomic E-state index is 12.4. The van der Waals surface area contributed by atoms with Gasteiger partial charge in [0.05, 0.1) is 15.9 Å². The normalized spacial score (nSPS) is 11.9. The molecule has 0 saturated heterocycles. The summed E-state index contributed by atoms with van der Waals surface area (Å²) in [6, 6.07) is 14.3. The number of benzene rings is 2. The van der Waals surface area contributed by atoms with Crippen molar-refractivity contribution in [2.75, 3.05) is 6.54 Å². The summed E-state index contributed by atoms with van der Waals surface area (Å²) in [6.45, 7) is 2.17. The molecule has 1 N–H and O–H groups in total. The topological polar surface area (TPSA) is 73.1 Å². The highest BCUT2D eigenvalue weighted by Gasteiger charge is 2.16. The minimum absolute atomic E-state index is 0.143. The summed E-state index contributed by atoms with van der Waals surface area (Å²) in [5.41, 5.74) is 2.14. The molecule has 0 amide bonds. The Morgan fingerprint density at radius 2 is 1.62 bits per heavy atom. The number of imidazole rings is 1. The highest BCUT2D eigenvalue weighted by molar-refractivity contribution is 7.89. The second-order valence-corrected chi connectivity index (χ2v) is 7.38. The molecule has 7 heteroatoms. The van der Waals surface area contributed by atoms with Crippen LogP contribution in [0.5, 0.6) is 0 Å². The van der Waals surface area contributed by atoms with Crippen LogP contribution in [-0.2, 0) is 23.6 Å². The van der Waals surface area contributed by atoms with Crippen LogP contribution in [-0.4, -0.2) is 24.1 Å². The zero-order valence-corrected chi connectivity index (χ0v) is 14.4. The molecule has 0 bridgehead atoms. The van der Waals surface area contributed by atoms with E-state index in [0.717, 1.165) is 11.0 Å². The Balaban J connectivity index is 1.82. The number of hydrogen-bond donors (Lipinski definition) is 1. The molecule has 3 aromatic rings. The van der Waals surface area contributed by atoms with Crippen molar-refractivity contribution in [2.24, 2.45) is 7.05 Å². The van der Waals surface area contributed by atoms with Crippen LogP contribution in [0.4, 0.5) is 0 Å². The quantitative estimate of drug-likeness (QED) is 0.764. The third-order valence-corrected chi connectivity index (χ3v) is 5.68. The van der Waals surface area contributed by atoms with Crippen molar-refractivity contribution >= 4 is 21.1 Å². The van der Waals surface area contributed by atoms with Crippen LogP contribution < -0.4 is 10.4 Å². The smallest absolute Gasteiger partial charge is 0.295 e. The largest absolute Gasteiger partial charge is 0.328 e. The monoisotopic (exact) mass is 345 g/mol. The van der Waals surface area contributed by atoms with Crippen molar-refractivity contribution in [1.82, 2.24) is 13.9 Å². The molecule has 3 rings (SSSR count). The van der Waals surface area contributed by atoms with Gasteiger partial charge < -0.3 is 0 Å². The molecule has 2 aromatic carbocycles. The lowest BCUT2D eigenvalue weighted by atomic mass is 10.2. The Morgan fingerprint density at radius 1 is 1.00 bits per heavy atom. The number of nitrogens with zero attached hydrogens (tertiary/aromatic N) is 2. The van der Waals surface area contributed by atoms with Crippen LogP contribution in [0, 0.1) is 6.92 Å². The molecule has 0 fully saturated rings. The van der Waals surface area contributed by atoms with Crippen LogP contribution in [0.25, 0.3) is 11.0 Å². The van der Waals surface area contributed by atoms with E-state index in [4.69, 9.17) is 0 Å². The zero-order chi connectivity index (χ0) is 17.3. The van der Waals surface area contributed by atoms with Crippen LogP contribution in [0.3, 0.4) is 0 Å². The number of rotatable bonds is 5. The van der Waals surface area contributed by atoms with Gasteiger partial charge in [-0.15, -0.1) is 0 Å². The van der Waals surface area contributed by atoms with E-state index in [-0.39, 0.29) is 23.7 Å². The summed E-state index contributed by atoms with van der Waals surface area (Å²) in [5.74, 6) is 0. The van der Waals surface area contributed by atoms with Crippen molar-refractivity contribution < 1.29 is 8.42 Å². The first kappa shape index (κ1) is 16.5. The van der Waals surface area contributed by atoms with Gasteiger partial charge in [-0.1, -0.05) is 30.3 Å². The first-order valence-corrected chi connectivity index (χ1v) is 9.09. The second-order valence-electron chi connectivity index (χ2n) is 5.65. The van der Waals surface area contributed by atoms with E-state index < -0.39 is 10.0 Å². The van der Waals surface area contributed by atoms with Crippen LogP contribution in [0.1, 0.15) is 5.56 Å². The van der Waals surface area contributed by atoms with Gasteiger partial charge >= 0.3 is 5.69 Å². The number of nitrogens with one attached hydrogen (secondary N) is 1. The number of sulfonamides is 1. The van der Waals surface area contributed by atoms with Gasteiger partial charge in [-0.25, -0.2) is 17.9 Å². The van der Waals surface area contributed by atoms with E-state index >= 15 is 0 Å². The van der Waals surface area contributed by atoms with Gasteiger partial charge in [-0.2, -0.15) is 0 Å². The molecule has 1 heterocycles. The molecule has 24 heavy (non-hydrogen) atoms. The molecule has 0 aliphatic heterocycles. The Kier molecular flexibility index (Phi) is 4.29. The minimum Gasteiger partial charge on any atom is -0.295 e. The fourth-order valence-corrected chi connectivity index (χ4v) is 4.07. The molecule has 0 atom stereocenters. The van der Waals surface area contributed by atoms with Gasteiger partial charge in [-0.3, -0.25) is 9.13 Å². The van der Waals surface area contributed by atoms with E-state index in [2.05, 4.69) is 4.72 Å². The Bertz CT molecular complexity index is 1050. The standard InChI is InChI=1S/C17H19N3O3S/c1-13-7-3-6-10-16(13)24(22,23)18-11-12-20-15-9-5-4-8-14(15)19(2)17(20)21/h3-10,18H,11-12H2,1-2H3. The van der Waals surface area contributed by atoms with Crippen LogP contribution in [0.2, 0.25) is 0 Å². The predicted molar refractivity (Wildman–Crippen MR) is 93.5 cm³/mol. The Morgan fingerprint density at radius 3 is 2.33 bits per heavy atom. The Hall–Kier alpha value is -2.38. The molecule has 0 unspecified atom stereocenters. The lowest BCUT2D eigenvalue weighted by Gasteiger charge is -2.09. The first-order chi connectivity index (χ1) is 11.4. The average Bonchev–Trinajstić information content (AvgIpc) is 2.80. The summed E-state index contributed by atoms with van der Waals surface area (Å²) in [7, 11) is -1.89. The summed E-state index contributed by atoms with van der Waals surface area (Å²) in [4.78, 5) is 12.6. The zero-order valence-electron chi connectivity index (χ0n) is 13.6. The maximum absolute atomic E-state index is 12.4. The molecule has 6 nitrogen and oxygen atoms in total. The highest BCUT2D eigenvalue weighted by Crippen LogP contribution is 2.14. The number of fused-ring (bicyclic) bond motifs is 1. The number of aryl methyl sites for hydroxylation is 2. The van der Waals surface area contributed by atoms with Crippen LogP contribution >= 0.6 is 0 Å². The van der Waals surface area contributed by atoms with E-state index in [1.807, 2.05) is 24.3 Å². The minimum atomic E-state index is -3.59. The van der Waals surface area contributed by atoms with Crippen molar-refractivity contribution in [2.45, 2.75) is 18.4 Å². The van der Waals surface area contributed by atoms with Gasteiger partial charge in [0.1, 0.15) is 0 Å². The predicted octanol–water partition coefficient (Wildman–Crippen LogP) is 1.63. The average molecular weight is 345 g/mol. The lowest BCUT2D eigenvalue weighted by molar-refractivity contribution is 0.570. The third-order valence-electron chi connectivity index (χ3n) is 4.06. The third kappa shape index (κ3) is 2.88. The van der Waals surface area contributed by atoms with Gasteiger partial charge in [-0.05, 0) is 30.7 Å². The van der Waals surface area contributed by atoms with E-state index in [1.165, 1.54) is 0 Å². The number of aromatic nitrogens is 2. The summed E-state index contributed by atoms with van der Waals surface area (Å²) in [6.07, 6.45) is 0. The fraction of sp³-hybridized carbons (Fsp3) is 0.235. The van der Waals surface area contributed by atoms with Gasteiger partial charge in [0.25, 0.3) is 0 Å². The molecule has 0 aliphatic carbocycles. The van der Waals surface area contributed by atoms with Gasteiger partial charge in [0.2, 0.25) is 10.0 Å². The molecule has 0 aliphatic rings. The fourth-order valence-electron chi connectivity index (χ4n) is 2.81. The van der Waals surface area contributed by atoms with Crippen molar-refractivity contribution in [3.05, 3.63) is 64.6 Å². The molecule has 1 aromatic heterocycles. The molecular weight excluding hydrogens is 326 g/mol. The molecule has 126 valence electrons. The SMILES string of the molecule is Cc1ccccc1S(=O)(=O)NCCn1c(=O)n(C)c2ccccc21. The number of para-hydroxylation sites is 2. The molecular formula is C17H19N3O3S. The lowest BCUT2D eigenvalue weighted by Crippen LogP contribution is -2.31. The maximum Gasteiger partial charge on any atom is 0.328 e. The summed E-state index contributed by atoms with van der Waals surface area (Å²) < 4.78 is 30.5. The summed E-state index contributed by atoms with van der Waals surface area (Å²) >= 11 is 0. The Labute approximate surface area is 140 Å². The van der Waals surface area contributed by atoms with Gasteiger partial charge in [0, 0.05) is 20.1 Å². The van der Waals surface area contributed by atoms with E-state index in [1.54, 1.807) is 47.4 Å². The first-order valence-electron chi connectivity index (χ1n) is 7.61. The molecule has 0 saturated carbocycles. The molecule has 0 spiro atoms.